The highest BCUT2D eigenvalue weighted by atomic mass is 19.3. The van der Waals surface area contributed by atoms with Crippen molar-refractivity contribution in [3.05, 3.63) is 22.0 Å². The van der Waals surface area contributed by atoms with Crippen LogP contribution in [-0.2, 0) is 4.74 Å². The van der Waals surface area contributed by atoms with Gasteiger partial charge in [0, 0.05) is 6.04 Å². The molecule has 0 saturated heterocycles. The molecule has 1 heterocycles. The van der Waals surface area contributed by atoms with E-state index < -0.39 is 34.4 Å². The molecule has 1 aliphatic rings. The predicted molar refractivity (Wildman–Crippen MR) is 84.5 cm³/mol. The van der Waals surface area contributed by atoms with Crippen molar-refractivity contribution in [3.8, 4) is 0 Å². The Morgan fingerprint density at radius 3 is 2.44 bits per heavy atom. The molecule has 0 unspecified atom stereocenters. The number of nitro groups is 1. The first kappa shape index (κ1) is 19.1. The largest absolute Gasteiger partial charge is 0.444 e. The van der Waals surface area contributed by atoms with Gasteiger partial charge in [0.1, 0.15) is 11.8 Å². The molecule has 1 N–H and O–H groups in total. The first-order valence-corrected chi connectivity index (χ1v) is 8.08. The van der Waals surface area contributed by atoms with E-state index in [4.69, 9.17) is 4.74 Å². The summed E-state index contributed by atoms with van der Waals surface area (Å²) in [7, 11) is 0. The first-order valence-electron chi connectivity index (χ1n) is 8.08. The Bertz CT molecular complexity index is 634. The topological polar surface area (TPSA) is 99.3 Å². The van der Waals surface area contributed by atoms with Gasteiger partial charge in [0.15, 0.2) is 0 Å². The fourth-order valence-electron chi connectivity index (χ4n) is 2.84. The summed E-state index contributed by atoms with van der Waals surface area (Å²) in [6.07, 6.45) is -0.0570. The molecule has 0 aromatic carbocycles. The minimum absolute atomic E-state index is 0.0776. The molecule has 0 spiro atoms. The summed E-state index contributed by atoms with van der Waals surface area (Å²) in [5.74, 6) is 0. The smallest absolute Gasteiger partial charge is 0.407 e. The van der Waals surface area contributed by atoms with Crippen molar-refractivity contribution in [1.29, 1.82) is 0 Å². The van der Waals surface area contributed by atoms with Crippen LogP contribution in [0.3, 0.4) is 0 Å². The van der Waals surface area contributed by atoms with Gasteiger partial charge in [0.05, 0.1) is 11.0 Å². The Morgan fingerprint density at radius 1 is 1.40 bits per heavy atom. The lowest BCUT2D eigenvalue weighted by atomic mass is 9.91. The van der Waals surface area contributed by atoms with Gasteiger partial charge in [-0.05, 0) is 46.5 Å². The fraction of sp³-hybridized carbons (Fsp3) is 0.733. The number of hydrogen-bond donors (Lipinski definition) is 1. The molecular formula is C15H22F2N4O4. The van der Waals surface area contributed by atoms with E-state index in [1.165, 1.54) is 4.68 Å². The van der Waals surface area contributed by atoms with Crippen molar-refractivity contribution in [2.45, 2.75) is 70.6 Å². The molecule has 1 aromatic heterocycles. The molecule has 1 amide bonds. The lowest BCUT2D eigenvalue weighted by Crippen LogP contribution is -2.41. The van der Waals surface area contributed by atoms with E-state index in [0.717, 1.165) is 6.20 Å². The maximum atomic E-state index is 12.9. The number of carbonyl (C=O) groups is 1. The average Bonchev–Trinajstić information content (AvgIpc) is 2.91. The Balaban J connectivity index is 1.95. The summed E-state index contributed by atoms with van der Waals surface area (Å²) >= 11 is 0. The standard InChI is InChI=1S/C15H22F2N4O4/c1-15(2,3)25-14(22)18-9-4-6-10(7-5-9)20-8-11(21(23)24)12(19-20)13(16)17/h8-10,13H,4-7H2,1-3H3,(H,18,22). The molecule has 1 aromatic rings. The van der Waals surface area contributed by atoms with Crippen LogP contribution in [0.25, 0.3) is 0 Å². The zero-order valence-corrected chi connectivity index (χ0v) is 14.4. The SMILES string of the molecule is CC(C)(C)OC(=O)NC1CCC(n2cc([N+](=O)[O-])c(C(F)F)n2)CC1. The molecule has 10 heteroatoms. The van der Waals surface area contributed by atoms with Gasteiger partial charge in [-0.1, -0.05) is 0 Å². The van der Waals surface area contributed by atoms with Crippen molar-refractivity contribution in [2.24, 2.45) is 0 Å². The molecule has 1 fully saturated rings. The van der Waals surface area contributed by atoms with Crippen LogP contribution in [-0.4, -0.2) is 32.4 Å². The number of alkyl carbamates (subject to hydrolysis) is 1. The van der Waals surface area contributed by atoms with Gasteiger partial charge in [0.25, 0.3) is 6.43 Å². The van der Waals surface area contributed by atoms with E-state index in [1.54, 1.807) is 20.8 Å². The molecule has 0 aliphatic heterocycles. The molecule has 25 heavy (non-hydrogen) atoms. The Morgan fingerprint density at radius 2 is 2.00 bits per heavy atom. The molecule has 140 valence electrons. The van der Waals surface area contributed by atoms with Crippen molar-refractivity contribution in [1.82, 2.24) is 15.1 Å². The molecule has 2 rings (SSSR count). The number of aromatic nitrogens is 2. The molecular weight excluding hydrogens is 338 g/mol. The Kier molecular flexibility index (Phi) is 5.58. The highest BCUT2D eigenvalue weighted by Gasteiger charge is 2.31. The maximum absolute atomic E-state index is 12.9. The van der Waals surface area contributed by atoms with Crippen molar-refractivity contribution in [2.75, 3.05) is 0 Å². The van der Waals surface area contributed by atoms with Crippen molar-refractivity contribution in [3.63, 3.8) is 0 Å². The molecule has 1 saturated carbocycles. The first-order chi connectivity index (χ1) is 11.6. The van der Waals surface area contributed by atoms with Crippen LogP contribution in [0.15, 0.2) is 6.20 Å². The van der Waals surface area contributed by atoms with E-state index in [1.807, 2.05) is 0 Å². The quantitative estimate of drug-likeness (QED) is 0.651. The van der Waals surface area contributed by atoms with Crippen LogP contribution in [0.1, 0.15) is 64.6 Å². The summed E-state index contributed by atoms with van der Waals surface area (Å²) < 4.78 is 32.2. The van der Waals surface area contributed by atoms with Crippen LogP contribution in [0.5, 0.6) is 0 Å². The number of nitrogens with zero attached hydrogens (tertiary/aromatic N) is 3. The minimum atomic E-state index is -2.99. The predicted octanol–water partition coefficient (Wildman–Crippen LogP) is 3.74. The van der Waals surface area contributed by atoms with Crippen molar-refractivity contribution < 1.29 is 23.2 Å². The Hall–Kier alpha value is -2.26. The molecule has 8 nitrogen and oxygen atoms in total. The van der Waals surface area contributed by atoms with E-state index >= 15 is 0 Å². The summed E-state index contributed by atoms with van der Waals surface area (Å²) in [5, 5.41) is 17.4. The summed E-state index contributed by atoms with van der Waals surface area (Å²) in [5.41, 5.74) is -2.05. The number of rotatable bonds is 4. The number of ether oxygens (including phenoxy) is 1. The van der Waals surface area contributed by atoms with E-state index in [9.17, 15) is 23.7 Å². The highest BCUT2D eigenvalue weighted by Crippen LogP contribution is 2.33. The maximum Gasteiger partial charge on any atom is 0.407 e. The number of halogens is 2. The second-order valence-electron chi connectivity index (χ2n) is 7.09. The molecule has 0 atom stereocenters. The van der Waals surface area contributed by atoms with Crippen LogP contribution in [0.4, 0.5) is 19.3 Å². The third kappa shape index (κ3) is 5.10. The summed E-state index contributed by atoms with van der Waals surface area (Å²) in [6.45, 7) is 5.32. The second-order valence-corrected chi connectivity index (χ2v) is 7.09. The number of alkyl halides is 2. The molecule has 1 aliphatic carbocycles. The fourth-order valence-corrected chi connectivity index (χ4v) is 2.84. The lowest BCUT2D eigenvalue weighted by molar-refractivity contribution is -0.386. The van der Waals surface area contributed by atoms with E-state index in [0.29, 0.717) is 25.7 Å². The van der Waals surface area contributed by atoms with Crippen LogP contribution in [0.2, 0.25) is 0 Å². The van der Waals surface area contributed by atoms with Gasteiger partial charge in [-0.2, -0.15) is 5.10 Å². The zero-order chi connectivity index (χ0) is 18.8. The van der Waals surface area contributed by atoms with E-state index in [-0.39, 0.29) is 12.1 Å². The molecule has 0 bridgehead atoms. The minimum Gasteiger partial charge on any atom is -0.444 e. The lowest BCUT2D eigenvalue weighted by Gasteiger charge is -2.30. The third-order valence-electron chi connectivity index (χ3n) is 3.94. The van der Waals surface area contributed by atoms with E-state index in [2.05, 4.69) is 10.4 Å². The summed E-state index contributed by atoms with van der Waals surface area (Å²) in [4.78, 5) is 21.8. The normalized spacial score (nSPS) is 21.2. The van der Waals surface area contributed by atoms with Crippen molar-refractivity contribution >= 4 is 11.8 Å². The number of hydrogen-bond acceptors (Lipinski definition) is 5. The number of carbonyl (C=O) groups excluding carboxylic acids is 1. The average molecular weight is 360 g/mol. The van der Waals surface area contributed by atoms with Crippen LogP contribution < -0.4 is 5.32 Å². The van der Waals surface area contributed by atoms with Gasteiger partial charge in [-0.15, -0.1) is 0 Å². The van der Waals surface area contributed by atoms with Gasteiger partial charge >= 0.3 is 11.8 Å². The monoisotopic (exact) mass is 360 g/mol. The zero-order valence-electron chi connectivity index (χ0n) is 14.4. The van der Waals surface area contributed by atoms with Gasteiger partial charge in [-0.25, -0.2) is 13.6 Å². The summed E-state index contributed by atoms with van der Waals surface area (Å²) in [6, 6.07) is -0.283. The number of nitrogens with one attached hydrogen (secondary N) is 1. The van der Waals surface area contributed by atoms with Gasteiger partial charge in [0.2, 0.25) is 5.69 Å². The highest BCUT2D eigenvalue weighted by molar-refractivity contribution is 5.68. The second kappa shape index (κ2) is 7.32. The number of amides is 1. The molecule has 0 radical (unpaired) electrons. The van der Waals surface area contributed by atoms with Gasteiger partial charge < -0.3 is 10.1 Å². The van der Waals surface area contributed by atoms with Crippen LogP contribution in [0, 0.1) is 10.1 Å². The van der Waals surface area contributed by atoms with Crippen LogP contribution >= 0.6 is 0 Å². The third-order valence-corrected chi connectivity index (χ3v) is 3.94. The van der Waals surface area contributed by atoms with Gasteiger partial charge in [-0.3, -0.25) is 14.8 Å². The Labute approximate surface area is 143 Å².